The Morgan fingerprint density at radius 1 is 1.21 bits per heavy atom. The molecule has 1 aromatic heterocycles. The molecule has 2 aromatic rings. The third kappa shape index (κ3) is 2.64. The van der Waals surface area contributed by atoms with Crippen molar-refractivity contribution >= 4 is 28.7 Å². The summed E-state index contributed by atoms with van der Waals surface area (Å²) in [4.78, 5) is 0. The highest BCUT2D eigenvalue weighted by atomic mass is 32.2. The van der Waals surface area contributed by atoms with Crippen LogP contribution in [0.4, 0.5) is 0 Å². The molecule has 1 aromatic carbocycles. The second kappa shape index (κ2) is 5.95. The number of hydrogen-bond donors (Lipinski definition) is 1. The highest BCUT2D eigenvalue weighted by Gasteiger charge is 2.18. The number of benzene rings is 1. The molecule has 1 aliphatic rings. The van der Waals surface area contributed by atoms with Crippen molar-refractivity contribution < 1.29 is 0 Å². The molecule has 1 nitrogen and oxygen atoms in total. The minimum absolute atomic E-state index is 1.03. The molecule has 3 heteroatoms. The van der Waals surface area contributed by atoms with Gasteiger partial charge in [0, 0.05) is 11.3 Å². The van der Waals surface area contributed by atoms with Crippen LogP contribution < -0.4 is 5.32 Å². The molecular weight excluding hydrogens is 270 g/mol. The molecule has 1 aliphatic heterocycles. The Kier molecular flexibility index (Phi) is 4.06. The first-order chi connectivity index (χ1) is 9.40. The lowest BCUT2D eigenvalue weighted by atomic mass is 9.95. The minimum Gasteiger partial charge on any atom is -0.319 e. The summed E-state index contributed by atoms with van der Waals surface area (Å²) in [6.07, 6.45) is 3.45. The van der Waals surface area contributed by atoms with Gasteiger partial charge in [-0.25, -0.2) is 0 Å². The van der Waals surface area contributed by atoms with Gasteiger partial charge in [0.15, 0.2) is 0 Å². The van der Waals surface area contributed by atoms with Crippen LogP contribution in [0.3, 0.4) is 0 Å². The zero-order chi connectivity index (χ0) is 13.1. The maximum absolute atomic E-state index is 3.22. The van der Waals surface area contributed by atoms with Gasteiger partial charge in [-0.1, -0.05) is 30.3 Å². The van der Waals surface area contributed by atoms with E-state index >= 15 is 0 Å². The summed E-state index contributed by atoms with van der Waals surface area (Å²) in [7, 11) is 2.01. The molecule has 0 saturated heterocycles. The van der Waals surface area contributed by atoms with Crippen molar-refractivity contribution in [2.24, 2.45) is 0 Å². The van der Waals surface area contributed by atoms with E-state index in [0.29, 0.717) is 0 Å². The number of rotatable bonds is 3. The highest BCUT2D eigenvalue weighted by Crippen LogP contribution is 2.42. The average Bonchev–Trinajstić information content (AvgIpc) is 2.85. The smallest absolute Gasteiger partial charge is 0.0680 e. The SMILES string of the molecule is CNCC/C=C1\c2ccccc2CSc2sccc21. The van der Waals surface area contributed by atoms with Gasteiger partial charge in [-0.05, 0) is 48.2 Å². The van der Waals surface area contributed by atoms with Crippen molar-refractivity contribution in [1.29, 1.82) is 0 Å². The Bertz CT molecular complexity index is 598. The molecule has 2 heterocycles. The maximum Gasteiger partial charge on any atom is 0.0680 e. The summed E-state index contributed by atoms with van der Waals surface area (Å²) in [6, 6.07) is 11.1. The van der Waals surface area contributed by atoms with Crippen LogP contribution in [0.1, 0.15) is 23.1 Å². The first-order valence-corrected chi connectivity index (χ1v) is 8.40. The molecule has 0 aliphatic carbocycles. The van der Waals surface area contributed by atoms with Gasteiger partial charge in [0.25, 0.3) is 0 Å². The molecule has 0 amide bonds. The van der Waals surface area contributed by atoms with Crippen LogP contribution in [0.2, 0.25) is 0 Å². The Labute approximate surface area is 122 Å². The van der Waals surface area contributed by atoms with Crippen molar-refractivity contribution in [2.75, 3.05) is 13.6 Å². The molecule has 0 saturated carbocycles. The average molecular weight is 287 g/mol. The van der Waals surface area contributed by atoms with Gasteiger partial charge in [0.05, 0.1) is 4.21 Å². The number of fused-ring (bicyclic) bond motifs is 2. The van der Waals surface area contributed by atoms with Crippen LogP contribution in [0, 0.1) is 0 Å². The second-order valence-corrected chi connectivity index (χ2v) is 6.74. The summed E-state index contributed by atoms with van der Waals surface area (Å²) >= 11 is 3.82. The van der Waals surface area contributed by atoms with Gasteiger partial charge in [-0.3, -0.25) is 0 Å². The highest BCUT2D eigenvalue weighted by molar-refractivity contribution is 8.00. The van der Waals surface area contributed by atoms with Crippen LogP contribution in [-0.2, 0) is 5.75 Å². The van der Waals surface area contributed by atoms with Crippen molar-refractivity contribution in [3.63, 3.8) is 0 Å². The number of nitrogens with one attached hydrogen (secondary N) is 1. The Morgan fingerprint density at radius 3 is 3.00 bits per heavy atom. The van der Waals surface area contributed by atoms with Crippen LogP contribution in [0.25, 0.3) is 5.57 Å². The Balaban J connectivity index is 2.08. The van der Waals surface area contributed by atoms with E-state index < -0.39 is 0 Å². The fraction of sp³-hybridized carbons (Fsp3) is 0.250. The molecule has 0 atom stereocenters. The zero-order valence-corrected chi connectivity index (χ0v) is 12.6. The topological polar surface area (TPSA) is 12.0 Å². The number of thiophene rings is 1. The Morgan fingerprint density at radius 2 is 2.11 bits per heavy atom. The molecule has 98 valence electrons. The lowest BCUT2D eigenvalue weighted by Crippen LogP contribution is -2.06. The van der Waals surface area contributed by atoms with E-state index in [1.807, 2.05) is 30.1 Å². The van der Waals surface area contributed by atoms with Crippen LogP contribution in [0.5, 0.6) is 0 Å². The number of hydrogen-bond acceptors (Lipinski definition) is 3. The normalized spacial score (nSPS) is 15.9. The lowest BCUT2D eigenvalue weighted by molar-refractivity contribution is 0.808. The monoisotopic (exact) mass is 287 g/mol. The molecule has 19 heavy (non-hydrogen) atoms. The van der Waals surface area contributed by atoms with Crippen LogP contribution in [0.15, 0.2) is 46.0 Å². The summed E-state index contributed by atoms with van der Waals surface area (Å²) in [5.41, 5.74) is 5.68. The fourth-order valence-electron chi connectivity index (χ4n) is 2.38. The first kappa shape index (κ1) is 13.0. The summed E-state index contributed by atoms with van der Waals surface area (Å²) < 4.78 is 1.45. The van der Waals surface area contributed by atoms with Crippen molar-refractivity contribution in [2.45, 2.75) is 16.4 Å². The summed E-state index contributed by atoms with van der Waals surface area (Å²) in [5.74, 6) is 1.08. The van der Waals surface area contributed by atoms with E-state index in [1.165, 1.54) is 26.5 Å². The molecule has 0 unspecified atom stereocenters. The Hall–Kier alpha value is -1.03. The number of thioether (sulfide) groups is 1. The first-order valence-electron chi connectivity index (χ1n) is 6.54. The van der Waals surface area contributed by atoms with Gasteiger partial charge in [0.2, 0.25) is 0 Å². The third-order valence-corrected chi connectivity index (χ3v) is 5.61. The molecule has 3 rings (SSSR count). The standard InChI is InChI=1S/C16H17NS2/c1-17-9-4-7-14-13-6-3-2-5-12(13)11-19-16-15(14)8-10-18-16/h2-3,5-8,10,17H,4,9,11H2,1H3/b14-7+. The minimum atomic E-state index is 1.03. The van der Waals surface area contributed by atoms with Gasteiger partial charge < -0.3 is 5.32 Å². The lowest BCUT2D eigenvalue weighted by Gasteiger charge is -2.09. The van der Waals surface area contributed by atoms with E-state index in [9.17, 15) is 0 Å². The van der Waals surface area contributed by atoms with Gasteiger partial charge in [-0.15, -0.1) is 23.1 Å². The van der Waals surface area contributed by atoms with Crippen molar-refractivity contribution in [3.05, 3.63) is 58.5 Å². The van der Waals surface area contributed by atoms with Crippen molar-refractivity contribution in [1.82, 2.24) is 5.32 Å². The second-order valence-electron chi connectivity index (χ2n) is 4.58. The quantitative estimate of drug-likeness (QED) is 0.840. The van der Waals surface area contributed by atoms with E-state index in [4.69, 9.17) is 0 Å². The van der Waals surface area contributed by atoms with E-state index in [1.54, 1.807) is 0 Å². The molecule has 0 fully saturated rings. The molecule has 0 spiro atoms. The molecular formula is C16H17NS2. The summed E-state index contributed by atoms with van der Waals surface area (Å²) in [6.45, 7) is 1.03. The fourth-order valence-corrected chi connectivity index (χ4v) is 4.51. The van der Waals surface area contributed by atoms with Crippen LogP contribution >= 0.6 is 23.1 Å². The predicted molar refractivity (Wildman–Crippen MR) is 85.9 cm³/mol. The molecule has 1 N–H and O–H groups in total. The van der Waals surface area contributed by atoms with Gasteiger partial charge in [-0.2, -0.15) is 0 Å². The zero-order valence-electron chi connectivity index (χ0n) is 11.0. The predicted octanol–water partition coefficient (Wildman–Crippen LogP) is 4.40. The van der Waals surface area contributed by atoms with E-state index in [2.05, 4.69) is 47.1 Å². The van der Waals surface area contributed by atoms with Gasteiger partial charge in [0.1, 0.15) is 0 Å². The largest absolute Gasteiger partial charge is 0.319 e. The maximum atomic E-state index is 3.22. The van der Waals surface area contributed by atoms with Gasteiger partial charge >= 0.3 is 0 Å². The van der Waals surface area contributed by atoms with E-state index in [-0.39, 0.29) is 0 Å². The van der Waals surface area contributed by atoms with Crippen molar-refractivity contribution in [3.8, 4) is 0 Å². The van der Waals surface area contributed by atoms with Crippen LogP contribution in [-0.4, -0.2) is 13.6 Å². The van der Waals surface area contributed by atoms with E-state index in [0.717, 1.165) is 18.7 Å². The molecule has 0 bridgehead atoms. The summed E-state index contributed by atoms with van der Waals surface area (Å²) in [5, 5.41) is 5.42. The molecule has 0 radical (unpaired) electrons. The third-order valence-electron chi connectivity index (χ3n) is 3.33.